The van der Waals surface area contributed by atoms with Gasteiger partial charge in [0.2, 0.25) is 5.88 Å². The lowest BCUT2D eigenvalue weighted by molar-refractivity contribution is 0.201. The van der Waals surface area contributed by atoms with Crippen LogP contribution in [0.2, 0.25) is 0 Å². The number of nitrogens with one attached hydrogen (secondary N) is 2. The minimum absolute atomic E-state index is 0. The number of hydrogen-bond donors (Lipinski definition) is 2. The Balaban J connectivity index is 0.00000320. The first-order valence-corrected chi connectivity index (χ1v) is 9.99. The van der Waals surface area contributed by atoms with Gasteiger partial charge in [0.25, 0.3) is 0 Å². The number of halogens is 1. The van der Waals surface area contributed by atoms with Crippen LogP contribution in [0.4, 0.5) is 0 Å². The average Bonchev–Trinajstić information content (AvgIpc) is 3.27. The molecule has 0 bridgehead atoms. The largest absolute Gasteiger partial charge is 0.493 e. The van der Waals surface area contributed by atoms with Crippen molar-refractivity contribution in [1.82, 2.24) is 15.6 Å². The monoisotopic (exact) mass is 526 g/mol. The van der Waals surface area contributed by atoms with E-state index in [1.807, 2.05) is 30.3 Å². The van der Waals surface area contributed by atoms with Gasteiger partial charge in [-0.3, -0.25) is 4.99 Å². The summed E-state index contributed by atoms with van der Waals surface area (Å²) in [5.41, 5.74) is 2.17. The van der Waals surface area contributed by atoms with E-state index in [-0.39, 0.29) is 24.0 Å². The van der Waals surface area contributed by atoms with Crippen LogP contribution in [0.3, 0.4) is 0 Å². The van der Waals surface area contributed by atoms with E-state index in [0.29, 0.717) is 36.6 Å². The van der Waals surface area contributed by atoms with Crippen LogP contribution in [-0.2, 0) is 13.1 Å². The zero-order chi connectivity index (χ0) is 20.5. The zero-order valence-corrected chi connectivity index (χ0v) is 20.1. The number of aromatic nitrogens is 1. The van der Waals surface area contributed by atoms with E-state index in [4.69, 9.17) is 14.2 Å². The quantitative estimate of drug-likeness (QED) is 0.309. The van der Waals surface area contributed by atoms with Gasteiger partial charge in [-0.1, -0.05) is 6.07 Å². The Bertz CT molecular complexity index is 826. The lowest BCUT2D eigenvalue weighted by atomic mass is 10.2. The van der Waals surface area contributed by atoms with Crippen LogP contribution in [0, 0.1) is 0 Å². The van der Waals surface area contributed by atoms with Crippen molar-refractivity contribution in [3.63, 3.8) is 0 Å². The second-order valence-electron chi connectivity index (χ2n) is 7.00. The summed E-state index contributed by atoms with van der Waals surface area (Å²) in [7, 11) is 5.02. The fraction of sp³-hybridized carbons (Fsp3) is 0.455. The number of benzene rings is 1. The molecule has 1 aliphatic rings. The number of rotatable bonds is 8. The highest BCUT2D eigenvalue weighted by atomic mass is 127. The van der Waals surface area contributed by atoms with Crippen molar-refractivity contribution in [3.8, 4) is 17.4 Å². The maximum absolute atomic E-state index is 5.99. The summed E-state index contributed by atoms with van der Waals surface area (Å²) in [6.07, 6.45) is 6.83. The second kappa shape index (κ2) is 12.5. The van der Waals surface area contributed by atoms with Crippen LogP contribution < -0.4 is 24.8 Å². The van der Waals surface area contributed by atoms with Crippen LogP contribution in [0.25, 0.3) is 0 Å². The molecule has 2 N–H and O–H groups in total. The third-order valence-corrected chi connectivity index (χ3v) is 4.98. The molecule has 30 heavy (non-hydrogen) atoms. The van der Waals surface area contributed by atoms with Crippen molar-refractivity contribution in [2.45, 2.75) is 44.9 Å². The summed E-state index contributed by atoms with van der Waals surface area (Å²) < 4.78 is 16.6. The lowest BCUT2D eigenvalue weighted by Crippen LogP contribution is -2.36. The smallest absolute Gasteiger partial charge is 0.213 e. The molecule has 0 saturated heterocycles. The fourth-order valence-corrected chi connectivity index (χ4v) is 3.38. The standard InChI is InChI=1S/C22H30N4O3.HI/c1-23-22(25-14-16-8-9-19(27-2)20(12-16)28-3)26-15-17-10-11-24-21(13-17)29-18-6-4-5-7-18;/h8-13,18H,4-7,14-15H2,1-3H3,(H2,23,25,26);1H. The summed E-state index contributed by atoms with van der Waals surface area (Å²) in [5.74, 6) is 2.84. The maximum atomic E-state index is 5.99. The van der Waals surface area contributed by atoms with Crippen LogP contribution in [0.1, 0.15) is 36.8 Å². The van der Waals surface area contributed by atoms with Gasteiger partial charge in [0, 0.05) is 32.4 Å². The maximum Gasteiger partial charge on any atom is 0.213 e. The molecular weight excluding hydrogens is 495 g/mol. The van der Waals surface area contributed by atoms with Crippen molar-refractivity contribution in [2.75, 3.05) is 21.3 Å². The predicted octanol–water partition coefficient (Wildman–Crippen LogP) is 3.90. The molecule has 0 unspecified atom stereocenters. The summed E-state index contributed by atoms with van der Waals surface area (Å²) in [5, 5.41) is 6.64. The van der Waals surface area contributed by atoms with Gasteiger partial charge in [-0.2, -0.15) is 0 Å². The summed E-state index contributed by atoms with van der Waals surface area (Å²) in [6.45, 7) is 1.25. The molecule has 1 saturated carbocycles. The minimum atomic E-state index is 0. The summed E-state index contributed by atoms with van der Waals surface area (Å²) in [4.78, 5) is 8.63. The Labute approximate surface area is 195 Å². The summed E-state index contributed by atoms with van der Waals surface area (Å²) >= 11 is 0. The number of ether oxygens (including phenoxy) is 3. The van der Waals surface area contributed by atoms with Crippen molar-refractivity contribution < 1.29 is 14.2 Å². The molecule has 1 aromatic carbocycles. The van der Waals surface area contributed by atoms with Crippen LogP contribution >= 0.6 is 24.0 Å². The van der Waals surface area contributed by atoms with Gasteiger partial charge in [0.05, 0.1) is 14.2 Å². The van der Waals surface area contributed by atoms with Gasteiger partial charge < -0.3 is 24.8 Å². The number of nitrogens with zero attached hydrogens (tertiary/aromatic N) is 2. The van der Waals surface area contributed by atoms with Gasteiger partial charge in [-0.15, -0.1) is 24.0 Å². The SMILES string of the molecule is CN=C(NCc1ccnc(OC2CCCC2)c1)NCc1ccc(OC)c(OC)c1.I. The molecule has 2 aromatic rings. The molecule has 8 heteroatoms. The topological polar surface area (TPSA) is 77.0 Å². The zero-order valence-electron chi connectivity index (χ0n) is 17.8. The molecule has 1 heterocycles. The first-order valence-electron chi connectivity index (χ1n) is 9.99. The molecule has 0 amide bonds. The van der Waals surface area contributed by atoms with Gasteiger partial charge in [-0.25, -0.2) is 4.98 Å². The number of methoxy groups -OCH3 is 2. The highest BCUT2D eigenvalue weighted by Crippen LogP contribution is 2.27. The number of hydrogen-bond acceptors (Lipinski definition) is 5. The molecule has 0 atom stereocenters. The van der Waals surface area contributed by atoms with Crippen LogP contribution in [0.15, 0.2) is 41.5 Å². The van der Waals surface area contributed by atoms with E-state index in [1.54, 1.807) is 27.5 Å². The number of pyridine rings is 1. The first-order chi connectivity index (χ1) is 14.2. The van der Waals surface area contributed by atoms with Crippen molar-refractivity contribution in [2.24, 2.45) is 4.99 Å². The van der Waals surface area contributed by atoms with E-state index in [0.717, 1.165) is 29.9 Å². The third-order valence-electron chi connectivity index (χ3n) is 4.98. The lowest BCUT2D eigenvalue weighted by Gasteiger charge is -2.15. The molecule has 3 rings (SSSR count). The molecule has 0 radical (unpaired) electrons. The van der Waals surface area contributed by atoms with Crippen molar-refractivity contribution in [1.29, 1.82) is 0 Å². The highest BCUT2D eigenvalue weighted by Gasteiger charge is 2.17. The first kappa shape index (κ1) is 24.0. The van der Waals surface area contributed by atoms with E-state index in [1.165, 1.54) is 12.8 Å². The minimum Gasteiger partial charge on any atom is -0.493 e. The molecule has 164 valence electrons. The van der Waals surface area contributed by atoms with Gasteiger partial charge in [0.15, 0.2) is 17.5 Å². The van der Waals surface area contributed by atoms with Crippen molar-refractivity contribution in [3.05, 3.63) is 47.7 Å². The molecule has 1 aromatic heterocycles. The summed E-state index contributed by atoms with van der Waals surface area (Å²) in [6, 6.07) is 9.82. The van der Waals surface area contributed by atoms with Gasteiger partial charge in [-0.05, 0) is 55.0 Å². The molecule has 0 aliphatic heterocycles. The average molecular weight is 526 g/mol. The highest BCUT2D eigenvalue weighted by molar-refractivity contribution is 14.0. The molecule has 1 aliphatic carbocycles. The van der Waals surface area contributed by atoms with Gasteiger partial charge in [0.1, 0.15) is 6.10 Å². The van der Waals surface area contributed by atoms with E-state index >= 15 is 0 Å². The van der Waals surface area contributed by atoms with E-state index in [2.05, 4.69) is 20.6 Å². The number of aliphatic imine (C=N–C) groups is 1. The fourth-order valence-electron chi connectivity index (χ4n) is 3.38. The molecule has 7 nitrogen and oxygen atoms in total. The Morgan fingerprint density at radius 3 is 2.30 bits per heavy atom. The molecule has 0 spiro atoms. The van der Waals surface area contributed by atoms with E-state index < -0.39 is 0 Å². The second-order valence-corrected chi connectivity index (χ2v) is 7.00. The van der Waals surface area contributed by atoms with Crippen LogP contribution in [-0.4, -0.2) is 38.3 Å². The Kier molecular flexibility index (Phi) is 9.99. The third kappa shape index (κ3) is 6.93. The van der Waals surface area contributed by atoms with E-state index in [9.17, 15) is 0 Å². The number of guanidine groups is 1. The Morgan fingerprint density at radius 1 is 1.00 bits per heavy atom. The predicted molar refractivity (Wildman–Crippen MR) is 129 cm³/mol. The normalized spacial score (nSPS) is 14.0. The van der Waals surface area contributed by atoms with Gasteiger partial charge >= 0.3 is 0 Å². The Morgan fingerprint density at radius 2 is 1.67 bits per heavy atom. The van der Waals surface area contributed by atoms with Crippen LogP contribution in [0.5, 0.6) is 17.4 Å². The molecular formula is C22H31IN4O3. The Hall–Kier alpha value is -2.23. The van der Waals surface area contributed by atoms with Crippen molar-refractivity contribution >= 4 is 29.9 Å². The molecule has 1 fully saturated rings.